The maximum Gasteiger partial charge on any atom is 0.263 e. The molecule has 2 aromatic rings. The van der Waals surface area contributed by atoms with Crippen molar-refractivity contribution in [3.63, 3.8) is 0 Å². The van der Waals surface area contributed by atoms with Crippen molar-refractivity contribution in [2.75, 3.05) is 18.4 Å². The Morgan fingerprint density at radius 1 is 1.30 bits per heavy atom. The van der Waals surface area contributed by atoms with Gasteiger partial charge in [0.25, 0.3) is 11.5 Å². The van der Waals surface area contributed by atoms with Crippen molar-refractivity contribution >= 4 is 28.2 Å². The van der Waals surface area contributed by atoms with Crippen LogP contribution >= 0.6 is 11.3 Å². The molecular formula is C22H28N4O3S. The van der Waals surface area contributed by atoms with Crippen LogP contribution in [0, 0.1) is 11.3 Å². The molecular weight excluding hydrogens is 400 g/mol. The van der Waals surface area contributed by atoms with E-state index in [-0.39, 0.29) is 16.8 Å². The number of ketones is 1. The summed E-state index contributed by atoms with van der Waals surface area (Å²) < 4.78 is 0. The zero-order chi connectivity index (χ0) is 21.5. The van der Waals surface area contributed by atoms with Crippen LogP contribution in [0.3, 0.4) is 0 Å². The first kappa shape index (κ1) is 20.9. The lowest BCUT2D eigenvalue weighted by Gasteiger charge is -2.29. The Morgan fingerprint density at radius 2 is 2.03 bits per heavy atom. The van der Waals surface area contributed by atoms with Crippen LogP contribution in [0.15, 0.2) is 16.2 Å². The smallest absolute Gasteiger partial charge is 0.263 e. The molecule has 8 heteroatoms. The molecule has 0 aromatic carbocycles. The summed E-state index contributed by atoms with van der Waals surface area (Å²) in [5.41, 5.74) is 1.25. The van der Waals surface area contributed by atoms with Crippen molar-refractivity contribution in [3.8, 4) is 0 Å². The number of pyridine rings is 1. The minimum atomic E-state index is -0.538. The van der Waals surface area contributed by atoms with Gasteiger partial charge in [-0.3, -0.25) is 24.6 Å². The van der Waals surface area contributed by atoms with Crippen molar-refractivity contribution in [3.05, 3.63) is 44.3 Å². The lowest BCUT2D eigenvalue weighted by atomic mass is 9.75. The Balaban J connectivity index is 1.46. The van der Waals surface area contributed by atoms with Crippen LogP contribution in [-0.2, 0) is 13.0 Å². The summed E-state index contributed by atoms with van der Waals surface area (Å²) in [5, 5.41) is 5.12. The Kier molecular flexibility index (Phi) is 5.63. The third-order valence-corrected chi connectivity index (χ3v) is 6.80. The number of rotatable bonds is 4. The van der Waals surface area contributed by atoms with E-state index in [2.05, 4.69) is 27.1 Å². The molecule has 1 saturated heterocycles. The zero-order valence-corrected chi connectivity index (χ0v) is 18.5. The minimum Gasteiger partial charge on any atom is -0.325 e. The fraction of sp³-hybridized carbons (Fsp3) is 0.545. The molecule has 0 atom stereocenters. The fourth-order valence-corrected chi connectivity index (χ4v) is 4.94. The molecule has 0 saturated carbocycles. The Morgan fingerprint density at radius 3 is 2.77 bits per heavy atom. The number of thiazole rings is 1. The standard InChI is InChI=1S/C22H28N4O3S/c1-13-4-6-26(7-5-13)11-14-12-30-21(23-14)25-20(29)16-8-15-17(24-19(16)28)9-22(2,3)10-18(15)27/h8,12-13H,4-7,9-11H2,1-3H3,(H,24,28)(H,23,25,29). The first-order valence-electron chi connectivity index (χ1n) is 10.5. The van der Waals surface area contributed by atoms with Crippen molar-refractivity contribution in [2.45, 2.75) is 53.0 Å². The maximum absolute atomic E-state index is 12.7. The number of anilines is 1. The van der Waals surface area contributed by atoms with Crippen molar-refractivity contribution < 1.29 is 9.59 Å². The molecule has 2 aromatic heterocycles. The number of likely N-dealkylation sites (tertiary alicyclic amines) is 1. The molecule has 1 fully saturated rings. The molecule has 0 bridgehead atoms. The van der Waals surface area contributed by atoms with Gasteiger partial charge in [-0.25, -0.2) is 4.98 Å². The molecule has 0 radical (unpaired) electrons. The van der Waals surface area contributed by atoms with Crippen molar-refractivity contribution in [1.82, 2.24) is 14.9 Å². The van der Waals surface area contributed by atoms with Gasteiger partial charge in [0.05, 0.1) is 5.69 Å². The largest absolute Gasteiger partial charge is 0.325 e. The molecule has 2 aliphatic rings. The minimum absolute atomic E-state index is 0.0427. The molecule has 1 aliphatic carbocycles. The van der Waals surface area contributed by atoms with Crippen LogP contribution < -0.4 is 10.9 Å². The molecule has 30 heavy (non-hydrogen) atoms. The third-order valence-electron chi connectivity index (χ3n) is 6.00. The van der Waals surface area contributed by atoms with Crippen LogP contribution in [0.5, 0.6) is 0 Å². The second-order valence-electron chi connectivity index (χ2n) is 9.40. The van der Waals surface area contributed by atoms with Gasteiger partial charge >= 0.3 is 0 Å². The van der Waals surface area contributed by atoms with E-state index in [1.165, 1.54) is 30.2 Å². The highest BCUT2D eigenvalue weighted by Crippen LogP contribution is 2.33. The van der Waals surface area contributed by atoms with Gasteiger partial charge in [0.2, 0.25) is 0 Å². The Labute approximate surface area is 179 Å². The zero-order valence-electron chi connectivity index (χ0n) is 17.7. The Hall–Kier alpha value is -2.32. The van der Waals surface area contributed by atoms with Crippen molar-refractivity contribution in [1.29, 1.82) is 0 Å². The summed E-state index contributed by atoms with van der Waals surface area (Å²) in [6.45, 7) is 9.17. The van der Waals surface area contributed by atoms with Crippen molar-refractivity contribution in [2.24, 2.45) is 11.3 Å². The molecule has 4 rings (SSSR count). The first-order valence-corrected chi connectivity index (χ1v) is 11.4. The summed E-state index contributed by atoms with van der Waals surface area (Å²) in [7, 11) is 0. The predicted molar refractivity (Wildman–Crippen MR) is 117 cm³/mol. The lowest BCUT2D eigenvalue weighted by Crippen LogP contribution is -2.33. The average molecular weight is 429 g/mol. The van der Waals surface area contributed by atoms with E-state index in [4.69, 9.17) is 0 Å². The van der Waals surface area contributed by atoms with Gasteiger partial charge in [-0.15, -0.1) is 11.3 Å². The number of piperidine rings is 1. The van der Waals surface area contributed by atoms with Crippen LogP contribution in [-0.4, -0.2) is 39.6 Å². The summed E-state index contributed by atoms with van der Waals surface area (Å²) in [6, 6.07) is 1.44. The predicted octanol–water partition coefficient (Wildman–Crippen LogP) is 3.47. The third kappa shape index (κ3) is 4.54. The SMILES string of the molecule is CC1CCN(Cc2csc(NC(=O)c3cc4c([nH]c3=O)CC(C)(C)CC4=O)n2)CC1. The number of carbonyl (C=O) groups is 2. The van der Waals surface area contributed by atoms with Crippen LogP contribution in [0.2, 0.25) is 0 Å². The number of hydrogen-bond acceptors (Lipinski definition) is 6. The second kappa shape index (κ2) is 8.07. The van der Waals surface area contributed by atoms with Gasteiger partial charge in [-0.2, -0.15) is 0 Å². The van der Waals surface area contributed by atoms with E-state index < -0.39 is 11.5 Å². The van der Waals surface area contributed by atoms with Crippen LogP contribution in [0.4, 0.5) is 5.13 Å². The number of Topliss-reactive ketones (excluding diaryl/α,β-unsaturated/α-hetero) is 1. The number of H-pyrrole nitrogens is 1. The lowest BCUT2D eigenvalue weighted by molar-refractivity contribution is 0.0910. The molecule has 2 N–H and O–H groups in total. The van der Waals surface area contributed by atoms with Gasteiger partial charge in [0.15, 0.2) is 10.9 Å². The molecule has 1 amide bonds. The normalized spacial score (nSPS) is 19.5. The molecule has 0 spiro atoms. The quantitative estimate of drug-likeness (QED) is 0.777. The highest BCUT2D eigenvalue weighted by Gasteiger charge is 2.32. The molecule has 0 unspecified atom stereocenters. The Bertz CT molecular complexity index is 1030. The number of aromatic nitrogens is 2. The topological polar surface area (TPSA) is 95.2 Å². The number of nitrogens with zero attached hydrogens (tertiary/aromatic N) is 2. The van der Waals surface area contributed by atoms with Gasteiger partial charge < -0.3 is 4.98 Å². The first-order chi connectivity index (χ1) is 14.2. The summed E-state index contributed by atoms with van der Waals surface area (Å²) in [6.07, 6.45) is 3.41. The molecule has 7 nitrogen and oxygen atoms in total. The fourth-order valence-electron chi connectivity index (χ4n) is 4.25. The van der Waals surface area contributed by atoms with Gasteiger partial charge in [-0.1, -0.05) is 20.8 Å². The molecule has 160 valence electrons. The van der Waals surface area contributed by atoms with Gasteiger partial charge in [0.1, 0.15) is 5.56 Å². The van der Waals surface area contributed by atoms with E-state index >= 15 is 0 Å². The average Bonchev–Trinajstić information content (AvgIpc) is 3.08. The van der Waals surface area contributed by atoms with Gasteiger partial charge in [0, 0.05) is 29.6 Å². The van der Waals surface area contributed by atoms with Crippen LogP contribution in [0.25, 0.3) is 0 Å². The number of aromatic amines is 1. The van der Waals surface area contributed by atoms with Crippen LogP contribution in [0.1, 0.15) is 72.1 Å². The van der Waals surface area contributed by atoms with E-state index in [9.17, 15) is 14.4 Å². The van der Waals surface area contributed by atoms with E-state index in [1.807, 2.05) is 19.2 Å². The summed E-state index contributed by atoms with van der Waals surface area (Å²) in [5.74, 6) is 0.197. The van der Waals surface area contributed by atoms with Gasteiger partial charge in [-0.05, 0) is 49.8 Å². The maximum atomic E-state index is 12.7. The highest BCUT2D eigenvalue weighted by molar-refractivity contribution is 7.14. The van der Waals surface area contributed by atoms with E-state index in [0.717, 1.165) is 31.2 Å². The molecule has 1 aliphatic heterocycles. The summed E-state index contributed by atoms with van der Waals surface area (Å²) >= 11 is 1.35. The summed E-state index contributed by atoms with van der Waals surface area (Å²) in [4.78, 5) is 47.3. The number of carbonyl (C=O) groups excluding carboxylic acids is 2. The number of fused-ring (bicyclic) bond motifs is 1. The van der Waals surface area contributed by atoms with E-state index in [1.54, 1.807) is 0 Å². The number of nitrogens with one attached hydrogen (secondary N) is 2. The highest BCUT2D eigenvalue weighted by atomic mass is 32.1. The number of amides is 1. The van der Waals surface area contributed by atoms with E-state index in [0.29, 0.717) is 29.2 Å². The number of hydrogen-bond donors (Lipinski definition) is 2. The molecule has 3 heterocycles. The monoisotopic (exact) mass is 428 g/mol. The second-order valence-corrected chi connectivity index (χ2v) is 10.3.